The van der Waals surface area contributed by atoms with Gasteiger partial charge in [-0.1, -0.05) is 41.9 Å². The van der Waals surface area contributed by atoms with E-state index in [1.165, 1.54) is 24.3 Å². The SMILES string of the molecule is O=C1NC(c2ccccc2)=N[C@@]1(Nc1ncc(C(F)(F)F)cc1Cl)C(F)(F)F. The molecule has 0 radical (unpaired) electrons. The minimum absolute atomic E-state index is 0.204. The average Bonchev–Trinajstić information content (AvgIpc) is 2.94. The molecule has 0 aliphatic carbocycles. The Balaban J connectivity index is 2.05. The third-order valence-electron chi connectivity index (χ3n) is 3.77. The fourth-order valence-corrected chi connectivity index (χ4v) is 2.59. The van der Waals surface area contributed by atoms with E-state index >= 15 is 0 Å². The van der Waals surface area contributed by atoms with E-state index in [4.69, 9.17) is 11.6 Å². The zero-order valence-electron chi connectivity index (χ0n) is 13.5. The molecule has 1 atom stereocenters. The summed E-state index contributed by atoms with van der Waals surface area (Å²) in [6.07, 6.45) is -9.74. The van der Waals surface area contributed by atoms with Gasteiger partial charge < -0.3 is 10.6 Å². The molecule has 1 aliphatic heterocycles. The van der Waals surface area contributed by atoms with Crippen LogP contribution in [0.15, 0.2) is 47.6 Å². The van der Waals surface area contributed by atoms with E-state index in [0.717, 1.165) is 0 Å². The number of amides is 1. The van der Waals surface area contributed by atoms with Crippen LogP contribution < -0.4 is 10.6 Å². The molecular weight excluding hydrogens is 414 g/mol. The molecule has 1 amide bonds. The molecule has 1 aromatic carbocycles. The molecule has 2 heterocycles. The second-order valence-electron chi connectivity index (χ2n) is 5.67. The van der Waals surface area contributed by atoms with Crippen LogP contribution in [0.25, 0.3) is 0 Å². The quantitative estimate of drug-likeness (QED) is 0.735. The van der Waals surface area contributed by atoms with Gasteiger partial charge in [0, 0.05) is 11.8 Å². The molecule has 0 bridgehead atoms. The van der Waals surface area contributed by atoms with Gasteiger partial charge in [0.25, 0.3) is 5.91 Å². The number of nitrogens with zero attached hydrogens (tertiary/aromatic N) is 2. The first-order valence-electron chi connectivity index (χ1n) is 7.48. The van der Waals surface area contributed by atoms with E-state index < -0.39 is 40.3 Å². The van der Waals surface area contributed by atoms with Gasteiger partial charge in [-0.15, -0.1) is 0 Å². The topological polar surface area (TPSA) is 66.4 Å². The summed E-state index contributed by atoms with van der Waals surface area (Å²) in [7, 11) is 0. The van der Waals surface area contributed by atoms with Crippen molar-refractivity contribution < 1.29 is 31.1 Å². The van der Waals surface area contributed by atoms with Crippen molar-refractivity contribution in [2.45, 2.75) is 18.0 Å². The lowest BCUT2D eigenvalue weighted by Gasteiger charge is -2.28. The zero-order valence-corrected chi connectivity index (χ0v) is 14.2. The number of aromatic nitrogens is 1. The summed E-state index contributed by atoms with van der Waals surface area (Å²) in [5.74, 6) is -2.71. The van der Waals surface area contributed by atoms with Crippen molar-refractivity contribution in [1.29, 1.82) is 0 Å². The van der Waals surface area contributed by atoms with Gasteiger partial charge in [0.05, 0.1) is 10.6 Å². The molecule has 1 aromatic heterocycles. The molecule has 28 heavy (non-hydrogen) atoms. The molecule has 0 fully saturated rings. The summed E-state index contributed by atoms with van der Waals surface area (Å²) < 4.78 is 79.3. The number of hydrogen-bond donors (Lipinski definition) is 2. The second-order valence-corrected chi connectivity index (χ2v) is 6.07. The Labute approximate surface area is 158 Å². The first-order chi connectivity index (χ1) is 12.9. The molecular formula is C16H9ClF6N4O. The third kappa shape index (κ3) is 3.49. The van der Waals surface area contributed by atoms with Gasteiger partial charge in [-0.05, 0) is 6.07 Å². The van der Waals surface area contributed by atoms with Crippen LogP contribution in [0.1, 0.15) is 11.1 Å². The fourth-order valence-electron chi connectivity index (χ4n) is 2.38. The summed E-state index contributed by atoms with van der Waals surface area (Å²) in [4.78, 5) is 18.9. The van der Waals surface area contributed by atoms with Crippen LogP contribution in [-0.2, 0) is 11.0 Å². The molecule has 0 unspecified atom stereocenters. The molecule has 2 N–H and O–H groups in total. The van der Waals surface area contributed by atoms with Crippen LogP contribution >= 0.6 is 11.6 Å². The van der Waals surface area contributed by atoms with Crippen molar-refractivity contribution in [2.24, 2.45) is 4.99 Å². The minimum Gasteiger partial charge on any atom is -0.329 e. The standard InChI is InChI=1S/C16H9ClF6N4O/c17-10-6-9(15(18,19)20)7-24-12(10)27-14(16(21,22)23)13(28)25-11(26-14)8-4-2-1-3-5-8/h1-7H,(H,24,27)(H,25,26,28)/t14-/m0/s1. The first kappa shape index (κ1) is 19.9. The molecule has 2 aromatic rings. The first-order valence-corrected chi connectivity index (χ1v) is 7.86. The largest absolute Gasteiger partial charge is 0.442 e. The summed E-state index contributed by atoms with van der Waals surface area (Å²) >= 11 is 5.65. The van der Waals surface area contributed by atoms with Gasteiger partial charge in [0.15, 0.2) is 0 Å². The van der Waals surface area contributed by atoms with Gasteiger partial charge in [0.2, 0.25) is 0 Å². The van der Waals surface area contributed by atoms with Crippen LogP contribution in [0.2, 0.25) is 5.02 Å². The Hall–Kier alpha value is -2.82. The van der Waals surface area contributed by atoms with E-state index in [0.29, 0.717) is 12.3 Å². The highest BCUT2D eigenvalue weighted by Crippen LogP contribution is 2.40. The predicted molar refractivity (Wildman–Crippen MR) is 87.8 cm³/mol. The van der Waals surface area contributed by atoms with E-state index in [-0.39, 0.29) is 11.4 Å². The normalized spacial score (nSPS) is 20.0. The Bertz CT molecular complexity index is 944. The number of hydrogen-bond acceptors (Lipinski definition) is 4. The van der Waals surface area contributed by atoms with Gasteiger partial charge in [0.1, 0.15) is 11.7 Å². The van der Waals surface area contributed by atoms with Crippen molar-refractivity contribution in [3.05, 3.63) is 58.7 Å². The number of alkyl halides is 6. The molecule has 5 nitrogen and oxygen atoms in total. The maximum Gasteiger partial charge on any atom is 0.442 e. The van der Waals surface area contributed by atoms with Gasteiger partial charge in [-0.3, -0.25) is 4.79 Å². The minimum atomic E-state index is -5.25. The van der Waals surface area contributed by atoms with Gasteiger partial charge in [-0.2, -0.15) is 26.3 Å². The van der Waals surface area contributed by atoms with Crippen molar-refractivity contribution in [3.8, 4) is 0 Å². The number of carbonyl (C=O) groups is 1. The Morgan fingerprint density at radius 3 is 2.25 bits per heavy atom. The Kier molecular flexibility index (Phi) is 4.74. The van der Waals surface area contributed by atoms with E-state index in [2.05, 4.69) is 9.98 Å². The van der Waals surface area contributed by atoms with Crippen molar-refractivity contribution >= 4 is 29.2 Å². The lowest BCUT2D eigenvalue weighted by Crippen LogP contribution is -2.57. The number of halogens is 7. The Morgan fingerprint density at radius 1 is 1.07 bits per heavy atom. The van der Waals surface area contributed by atoms with Crippen molar-refractivity contribution in [2.75, 3.05) is 5.32 Å². The highest BCUT2D eigenvalue weighted by molar-refractivity contribution is 6.33. The highest BCUT2D eigenvalue weighted by Gasteiger charge is 2.64. The molecule has 1 aliphatic rings. The van der Waals surface area contributed by atoms with E-state index in [9.17, 15) is 31.1 Å². The summed E-state index contributed by atoms with van der Waals surface area (Å²) in [6.45, 7) is 0. The van der Waals surface area contributed by atoms with Crippen molar-refractivity contribution in [3.63, 3.8) is 0 Å². The number of nitrogens with one attached hydrogen (secondary N) is 2. The summed E-state index contributed by atoms with van der Waals surface area (Å²) in [6, 6.07) is 7.92. The van der Waals surface area contributed by atoms with Crippen LogP contribution in [-0.4, -0.2) is 28.6 Å². The third-order valence-corrected chi connectivity index (χ3v) is 4.05. The average molecular weight is 423 g/mol. The zero-order chi connectivity index (χ0) is 20.7. The molecule has 3 rings (SSSR count). The number of rotatable bonds is 3. The van der Waals surface area contributed by atoms with Crippen LogP contribution in [0.5, 0.6) is 0 Å². The summed E-state index contributed by atoms with van der Waals surface area (Å²) in [5, 5.41) is 3.02. The van der Waals surface area contributed by atoms with E-state index in [1.807, 2.05) is 5.32 Å². The monoisotopic (exact) mass is 422 g/mol. The highest BCUT2D eigenvalue weighted by atomic mass is 35.5. The number of anilines is 1. The molecule has 0 saturated heterocycles. The fraction of sp³-hybridized carbons (Fsp3) is 0.188. The van der Waals surface area contributed by atoms with Gasteiger partial charge >= 0.3 is 18.0 Å². The maximum absolute atomic E-state index is 13.8. The van der Waals surface area contributed by atoms with Crippen LogP contribution in [0.3, 0.4) is 0 Å². The number of aliphatic imine (C=N–C) groups is 1. The molecule has 12 heteroatoms. The van der Waals surface area contributed by atoms with Crippen LogP contribution in [0, 0.1) is 0 Å². The lowest BCUT2D eigenvalue weighted by molar-refractivity contribution is -0.181. The summed E-state index contributed by atoms with van der Waals surface area (Å²) in [5.41, 5.74) is -4.56. The van der Waals surface area contributed by atoms with E-state index in [1.54, 1.807) is 11.4 Å². The number of carbonyl (C=O) groups excluding carboxylic acids is 1. The molecule has 148 valence electrons. The predicted octanol–water partition coefficient (Wildman–Crippen LogP) is 4.00. The number of pyridine rings is 1. The number of amidine groups is 1. The second kappa shape index (κ2) is 6.66. The lowest BCUT2D eigenvalue weighted by atomic mass is 10.1. The van der Waals surface area contributed by atoms with Gasteiger partial charge in [-0.25, -0.2) is 9.98 Å². The Morgan fingerprint density at radius 2 is 1.71 bits per heavy atom. The molecule has 0 saturated carbocycles. The molecule has 0 spiro atoms. The number of benzene rings is 1. The maximum atomic E-state index is 13.8. The smallest absolute Gasteiger partial charge is 0.329 e. The van der Waals surface area contributed by atoms with Crippen molar-refractivity contribution in [1.82, 2.24) is 10.3 Å². The van der Waals surface area contributed by atoms with Crippen LogP contribution in [0.4, 0.5) is 32.2 Å².